The number of nitrogens with zero attached hydrogens (tertiary/aromatic N) is 1. The summed E-state index contributed by atoms with van der Waals surface area (Å²) in [7, 11) is 1.42. The van der Waals surface area contributed by atoms with E-state index in [0.717, 1.165) is 19.5 Å². The Kier molecular flexibility index (Phi) is 8.12. The van der Waals surface area contributed by atoms with Crippen molar-refractivity contribution in [3.8, 4) is 17.2 Å². The number of methoxy groups -OCH3 is 1. The van der Waals surface area contributed by atoms with Crippen LogP contribution in [0.4, 0.5) is 0 Å². The molecule has 2 aliphatic heterocycles. The van der Waals surface area contributed by atoms with Gasteiger partial charge in [-0.1, -0.05) is 30.9 Å². The van der Waals surface area contributed by atoms with Crippen molar-refractivity contribution in [1.29, 1.82) is 0 Å². The molecule has 192 valence electrons. The number of carbonyl (C=O) groups excluding carboxylic acids is 2. The molecule has 2 aromatic carbocycles. The third-order valence-electron chi connectivity index (χ3n) is 6.54. The second-order valence-electron chi connectivity index (χ2n) is 8.89. The first-order chi connectivity index (χ1) is 17.4. The normalized spacial score (nSPS) is 20.1. The molecular formula is C27H32N2O7. The molecule has 0 radical (unpaired) electrons. The number of benzene rings is 2. The van der Waals surface area contributed by atoms with Crippen LogP contribution in [0.1, 0.15) is 30.5 Å². The van der Waals surface area contributed by atoms with Gasteiger partial charge in [-0.05, 0) is 41.8 Å². The fourth-order valence-electron chi connectivity index (χ4n) is 4.58. The van der Waals surface area contributed by atoms with Crippen LogP contribution >= 0.6 is 0 Å². The summed E-state index contributed by atoms with van der Waals surface area (Å²) in [6, 6.07) is 10.3. The van der Waals surface area contributed by atoms with E-state index in [4.69, 9.17) is 14.2 Å². The monoisotopic (exact) mass is 496 g/mol. The number of aromatic hydroxyl groups is 1. The number of likely N-dealkylation sites (tertiary alicyclic amines) is 1. The zero-order valence-electron chi connectivity index (χ0n) is 20.6. The Balaban J connectivity index is 1.72. The maximum Gasteiger partial charge on any atom is 0.295 e. The van der Waals surface area contributed by atoms with Crippen molar-refractivity contribution in [3.63, 3.8) is 0 Å². The molecule has 2 aromatic rings. The fourth-order valence-corrected chi connectivity index (χ4v) is 4.58. The molecule has 2 heterocycles. The molecule has 9 nitrogen and oxygen atoms in total. The Labute approximate surface area is 210 Å². The molecule has 0 bridgehead atoms. The number of Topliss-reactive ketones (excluding diaryl/α,β-unsaturated/α-hetero) is 1. The predicted octanol–water partition coefficient (Wildman–Crippen LogP) is 0.329. The van der Waals surface area contributed by atoms with Gasteiger partial charge in [0.25, 0.3) is 5.91 Å². The van der Waals surface area contributed by atoms with Gasteiger partial charge in [-0.3, -0.25) is 9.59 Å². The maximum absolute atomic E-state index is 13.6. The summed E-state index contributed by atoms with van der Waals surface area (Å²) in [4.78, 5) is 29.1. The van der Waals surface area contributed by atoms with Crippen LogP contribution in [0.5, 0.6) is 17.2 Å². The Bertz CT molecular complexity index is 1120. The van der Waals surface area contributed by atoms with Gasteiger partial charge in [0.15, 0.2) is 11.5 Å². The van der Waals surface area contributed by atoms with Gasteiger partial charge in [0, 0.05) is 5.57 Å². The quantitative estimate of drug-likeness (QED) is 0.292. The molecule has 1 amide bonds. The lowest BCUT2D eigenvalue weighted by atomic mass is 9.95. The third-order valence-corrected chi connectivity index (χ3v) is 6.54. The summed E-state index contributed by atoms with van der Waals surface area (Å²) in [6.45, 7) is 6.41. The minimum atomic E-state index is -0.886. The van der Waals surface area contributed by atoms with Crippen molar-refractivity contribution >= 4 is 17.4 Å². The molecule has 36 heavy (non-hydrogen) atoms. The van der Waals surface area contributed by atoms with E-state index < -0.39 is 23.5 Å². The van der Waals surface area contributed by atoms with Gasteiger partial charge < -0.3 is 34.2 Å². The highest BCUT2D eigenvalue weighted by Crippen LogP contribution is 2.41. The number of ketones is 1. The number of quaternary nitrogens is 1. The number of carbonyl (C=O) groups is 2. The highest BCUT2D eigenvalue weighted by Gasteiger charge is 2.44. The van der Waals surface area contributed by atoms with E-state index in [1.165, 1.54) is 23.0 Å². The molecule has 2 N–H and O–H groups in total. The Morgan fingerprint density at radius 1 is 1.17 bits per heavy atom. The molecule has 0 aliphatic carbocycles. The zero-order chi connectivity index (χ0) is 25.7. The number of morpholine rings is 1. The van der Waals surface area contributed by atoms with Gasteiger partial charge in [-0.2, -0.15) is 0 Å². The standard InChI is InChI=1S/C27H32N2O7/c1-3-14-36-20-7-4-18(5-8-20)25(31)23-24(19-6-9-21(30)22(17-19)34-2)29(27(33)26(23)32)11-10-28-12-15-35-16-13-28/h4-9,17,24,30-31H,3,10-16H2,1-2H3. The fraction of sp³-hybridized carbons (Fsp3) is 0.407. The van der Waals surface area contributed by atoms with Crippen LogP contribution in [-0.4, -0.2) is 74.8 Å². The Morgan fingerprint density at radius 2 is 1.89 bits per heavy atom. The van der Waals surface area contributed by atoms with Crippen molar-refractivity contribution in [2.75, 3.05) is 53.1 Å². The summed E-state index contributed by atoms with van der Waals surface area (Å²) in [5.41, 5.74) is 0.713. The molecule has 2 aliphatic rings. The SMILES string of the molecule is CCCOc1ccc(C([O-])=C2C(=O)C(=O)N(CC[NH+]3CCOCC3)C2c2ccc(O)c(OC)c2)cc1. The highest BCUT2D eigenvalue weighted by atomic mass is 16.5. The lowest BCUT2D eigenvalue weighted by molar-refractivity contribution is -0.907. The van der Waals surface area contributed by atoms with Crippen LogP contribution in [0.25, 0.3) is 5.76 Å². The first kappa shape index (κ1) is 25.5. The van der Waals surface area contributed by atoms with E-state index in [1.807, 2.05) is 6.92 Å². The smallest absolute Gasteiger partial charge is 0.295 e. The minimum Gasteiger partial charge on any atom is -0.872 e. The predicted molar refractivity (Wildman–Crippen MR) is 130 cm³/mol. The summed E-state index contributed by atoms with van der Waals surface area (Å²) in [5.74, 6) is -1.26. The summed E-state index contributed by atoms with van der Waals surface area (Å²) in [6.07, 6.45) is 0.856. The van der Waals surface area contributed by atoms with Crippen LogP contribution in [0.2, 0.25) is 0 Å². The van der Waals surface area contributed by atoms with E-state index in [2.05, 4.69) is 0 Å². The number of phenols is 1. The number of nitrogens with one attached hydrogen (secondary N) is 1. The zero-order valence-corrected chi connectivity index (χ0v) is 20.6. The molecule has 9 heteroatoms. The molecule has 0 saturated carbocycles. The molecular weight excluding hydrogens is 464 g/mol. The van der Waals surface area contributed by atoms with Crippen LogP contribution in [-0.2, 0) is 14.3 Å². The van der Waals surface area contributed by atoms with Gasteiger partial charge in [0.1, 0.15) is 18.8 Å². The average Bonchev–Trinajstić information content (AvgIpc) is 3.16. The number of hydrogen-bond acceptors (Lipinski definition) is 7. The summed E-state index contributed by atoms with van der Waals surface area (Å²) < 4.78 is 16.3. The van der Waals surface area contributed by atoms with E-state index in [1.54, 1.807) is 36.4 Å². The van der Waals surface area contributed by atoms with Gasteiger partial charge in [0.05, 0.1) is 46.1 Å². The number of hydrogen-bond donors (Lipinski definition) is 2. The van der Waals surface area contributed by atoms with Crippen molar-refractivity contribution in [2.24, 2.45) is 0 Å². The molecule has 2 saturated heterocycles. The van der Waals surface area contributed by atoms with E-state index in [9.17, 15) is 19.8 Å². The topological polar surface area (TPSA) is 113 Å². The average molecular weight is 497 g/mol. The Morgan fingerprint density at radius 3 is 2.56 bits per heavy atom. The lowest BCUT2D eigenvalue weighted by Crippen LogP contribution is -3.14. The summed E-state index contributed by atoms with van der Waals surface area (Å²) >= 11 is 0. The maximum atomic E-state index is 13.6. The van der Waals surface area contributed by atoms with Crippen LogP contribution in [0.3, 0.4) is 0 Å². The van der Waals surface area contributed by atoms with Crippen LogP contribution in [0, 0.1) is 0 Å². The Hall–Kier alpha value is -3.56. The molecule has 4 rings (SSSR count). The second-order valence-corrected chi connectivity index (χ2v) is 8.89. The first-order valence-electron chi connectivity index (χ1n) is 12.2. The van der Waals surface area contributed by atoms with Crippen molar-refractivity contribution in [2.45, 2.75) is 19.4 Å². The van der Waals surface area contributed by atoms with E-state index in [0.29, 0.717) is 49.8 Å². The molecule has 1 atom stereocenters. The second kappa shape index (κ2) is 11.5. The molecule has 2 fully saturated rings. The molecule has 0 aromatic heterocycles. The van der Waals surface area contributed by atoms with Crippen LogP contribution in [0.15, 0.2) is 48.0 Å². The van der Waals surface area contributed by atoms with Gasteiger partial charge in [0.2, 0.25) is 5.78 Å². The number of ether oxygens (including phenoxy) is 3. The molecule has 0 spiro atoms. The largest absolute Gasteiger partial charge is 0.872 e. The first-order valence-corrected chi connectivity index (χ1v) is 12.2. The molecule has 1 unspecified atom stereocenters. The highest BCUT2D eigenvalue weighted by molar-refractivity contribution is 6.46. The lowest BCUT2D eigenvalue weighted by Gasteiger charge is -2.30. The number of phenolic OH excluding ortho intramolecular Hbond substituents is 1. The van der Waals surface area contributed by atoms with Gasteiger partial charge in [-0.25, -0.2) is 0 Å². The van der Waals surface area contributed by atoms with E-state index in [-0.39, 0.29) is 17.1 Å². The van der Waals surface area contributed by atoms with Crippen molar-refractivity contribution in [3.05, 3.63) is 59.2 Å². The third kappa shape index (κ3) is 5.32. The van der Waals surface area contributed by atoms with Crippen molar-refractivity contribution < 1.29 is 38.9 Å². The number of amides is 1. The van der Waals surface area contributed by atoms with Gasteiger partial charge in [-0.15, -0.1) is 0 Å². The minimum absolute atomic E-state index is 0.0724. The summed E-state index contributed by atoms with van der Waals surface area (Å²) in [5, 5.41) is 23.7. The van der Waals surface area contributed by atoms with Gasteiger partial charge >= 0.3 is 0 Å². The van der Waals surface area contributed by atoms with Crippen molar-refractivity contribution in [1.82, 2.24) is 4.90 Å². The van der Waals surface area contributed by atoms with E-state index >= 15 is 0 Å². The van der Waals surface area contributed by atoms with Crippen LogP contribution < -0.4 is 19.5 Å². The number of rotatable bonds is 9.